The lowest BCUT2D eigenvalue weighted by Crippen LogP contribution is -2.28. The molecule has 1 aromatic carbocycles. The van der Waals surface area contributed by atoms with E-state index in [2.05, 4.69) is 47.0 Å². The molecule has 8 heteroatoms. The van der Waals surface area contributed by atoms with Gasteiger partial charge in [-0.1, -0.05) is 29.4 Å². The van der Waals surface area contributed by atoms with Gasteiger partial charge in [-0.25, -0.2) is 0 Å². The molecule has 1 fully saturated rings. The minimum absolute atomic E-state index is 0.0205. The molecule has 8 nitrogen and oxygen atoms in total. The van der Waals surface area contributed by atoms with Crippen LogP contribution in [0.2, 0.25) is 0 Å². The number of nitrogens with zero attached hydrogens (tertiary/aromatic N) is 5. The van der Waals surface area contributed by atoms with Crippen LogP contribution in [0.5, 0.6) is 0 Å². The first kappa shape index (κ1) is 24.8. The van der Waals surface area contributed by atoms with Crippen LogP contribution in [-0.2, 0) is 17.4 Å². The van der Waals surface area contributed by atoms with Crippen molar-refractivity contribution in [1.82, 2.24) is 24.5 Å². The molecule has 198 valence electrons. The average molecular weight is 514 g/mol. The Morgan fingerprint density at radius 1 is 1.08 bits per heavy atom. The molecule has 0 bridgehead atoms. The molecule has 0 radical (unpaired) electrons. The summed E-state index contributed by atoms with van der Waals surface area (Å²) >= 11 is 0. The second-order valence-corrected chi connectivity index (χ2v) is 11.1. The fourth-order valence-electron chi connectivity index (χ4n) is 6.23. The van der Waals surface area contributed by atoms with Crippen LogP contribution >= 0.6 is 0 Å². The quantitative estimate of drug-likeness (QED) is 0.322. The topological polar surface area (TPSA) is 91.1 Å². The number of aromatic nitrogens is 5. The minimum atomic E-state index is -1.14. The van der Waals surface area contributed by atoms with Gasteiger partial charge in [0.2, 0.25) is 0 Å². The van der Waals surface area contributed by atoms with Crippen molar-refractivity contribution in [3.8, 4) is 11.1 Å². The highest BCUT2D eigenvalue weighted by Gasteiger charge is 2.36. The standard InChI is InChI=1S/C30H35N5O3/c1-17-9-7-8-10-22(17)26(20-11-13-37-14-12-20)35-23-15-21(24-18(2)33-38-19(24)3)16-31-25(23)27-28(35)29(30(4,5)36)32-34(27)6/h7-10,15-16,20,26,36H,11-14H2,1-6H3. The van der Waals surface area contributed by atoms with Crippen molar-refractivity contribution in [2.75, 3.05) is 13.2 Å². The van der Waals surface area contributed by atoms with Crippen LogP contribution in [0.25, 0.3) is 33.2 Å². The van der Waals surface area contributed by atoms with Gasteiger partial charge in [-0.15, -0.1) is 0 Å². The zero-order valence-electron chi connectivity index (χ0n) is 22.9. The smallest absolute Gasteiger partial charge is 0.141 e. The fraction of sp³-hybridized carbons (Fsp3) is 0.433. The Labute approximate surface area is 222 Å². The first-order valence-corrected chi connectivity index (χ1v) is 13.3. The van der Waals surface area contributed by atoms with Crippen LogP contribution in [-0.4, -0.2) is 42.8 Å². The van der Waals surface area contributed by atoms with Gasteiger partial charge >= 0.3 is 0 Å². The second kappa shape index (κ2) is 9.06. The summed E-state index contributed by atoms with van der Waals surface area (Å²) in [6.07, 6.45) is 3.80. The third-order valence-corrected chi connectivity index (χ3v) is 8.01. The Bertz CT molecular complexity index is 1630. The zero-order chi connectivity index (χ0) is 26.8. The minimum Gasteiger partial charge on any atom is -0.384 e. The maximum Gasteiger partial charge on any atom is 0.141 e. The monoisotopic (exact) mass is 513 g/mol. The van der Waals surface area contributed by atoms with E-state index in [9.17, 15) is 5.11 Å². The number of aryl methyl sites for hydroxylation is 4. The third kappa shape index (κ3) is 3.85. The summed E-state index contributed by atoms with van der Waals surface area (Å²) in [5, 5.41) is 20.3. The van der Waals surface area contributed by atoms with Gasteiger partial charge in [0.05, 0.1) is 22.8 Å². The Kier molecular flexibility index (Phi) is 5.92. The molecule has 6 rings (SSSR count). The van der Waals surface area contributed by atoms with Gasteiger partial charge in [0, 0.05) is 37.6 Å². The molecular weight excluding hydrogens is 478 g/mol. The summed E-state index contributed by atoms with van der Waals surface area (Å²) < 4.78 is 15.6. The number of fused-ring (bicyclic) bond motifs is 3. The number of hydrogen-bond donors (Lipinski definition) is 1. The van der Waals surface area contributed by atoms with Gasteiger partial charge in [0.1, 0.15) is 28.1 Å². The number of hydrogen-bond acceptors (Lipinski definition) is 6. The van der Waals surface area contributed by atoms with E-state index in [1.165, 1.54) is 11.1 Å². The van der Waals surface area contributed by atoms with Crippen LogP contribution < -0.4 is 0 Å². The average Bonchev–Trinajstić information content (AvgIpc) is 3.52. The van der Waals surface area contributed by atoms with Crippen molar-refractivity contribution < 1.29 is 14.4 Å². The molecule has 0 amide bonds. The summed E-state index contributed by atoms with van der Waals surface area (Å²) in [7, 11) is 1.93. The van der Waals surface area contributed by atoms with E-state index in [4.69, 9.17) is 19.3 Å². The van der Waals surface area contributed by atoms with Crippen molar-refractivity contribution in [1.29, 1.82) is 0 Å². The summed E-state index contributed by atoms with van der Waals surface area (Å²) in [5.74, 6) is 1.12. The maximum absolute atomic E-state index is 11.3. The molecular formula is C30H35N5O3. The second-order valence-electron chi connectivity index (χ2n) is 11.1. The first-order valence-electron chi connectivity index (χ1n) is 13.3. The highest BCUT2D eigenvalue weighted by Crippen LogP contribution is 2.44. The summed E-state index contributed by atoms with van der Waals surface area (Å²) in [6, 6.07) is 10.8. The number of aliphatic hydroxyl groups is 1. The van der Waals surface area contributed by atoms with E-state index in [-0.39, 0.29) is 6.04 Å². The predicted octanol–water partition coefficient (Wildman–Crippen LogP) is 5.75. The molecule has 5 aromatic rings. The lowest BCUT2D eigenvalue weighted by Gasteiger charge is -2.34. The molecule has 4 aromatic heterocycles. The SMILES string of the molecule is Cc1ccccc1C(C1CCOCC1)n1c2cc(-c3c(C)noc3C)cnc2c2c1c(C(C)(C)O)nn2C. The van der Waals surface area contributed by atoms with Gasteiger partial charge in [0.15, 0.2) is 0 Å². The zero-order valence-corrected chi connectivity index (χ0v) is 22.9. The van der Waals surface area contributed by atoms with E-state index in [0.29, 0.717) is 11.6 Å². The van der Waals surface area contributed by atoms with Crippen LogP contribution in [0.15, 0.2) is 41.1 Å². The van der Waals surface area contributed by atoms with E-state index in [1.54, 1.807) is 13.8 Å². The van der Waals surface area contributed by atoms with Crippen LogP contribution in [0.3, 0.4) is 0 Å². The molecule has 1 N–H and O–H groups in total. The number of benzene rings is 1. The molecule has 0 spiro atoms. The van der Waals surface area contributed by atoms with Crippen molar-refractivity contribution in [2.45, 2.75) is 59.1 Å². The van der Waals surface area contributed by atoms with Gasteiger partial charge in [-0.3, -0.25) is 9.67 Å². The van der Waals surface area contributed by atoms with E-state index in [1.807, 2.05) is 31.8 Å². The van der Waals surface area contributed by atoms with E-state index < -0.39 is 5.60 Å². The molecule has 0 aliphatic carbocycles. The largest absolute Gasteiger partial charge is 0.384 e. The van der Waals surface area contributed by atoms with Gasteiger partial charge < -0.3 is 18.9 Å². The van der Waals surface area contributed by atoms with Crippen molar-refractivity contribution in [3.63, 3.8) is 0 Å². The van der Waals surface area contributed by atoms with Gasteiger partial charge in [-0.2, -0.15) is 5.10 Å². The van der Waals surface area contributed by atoms with Crippen molar-refractivity contribution in [2.24, 2.45) is 13.0 Å². The van der Waals surface area contributed by atoms with Gasteiger partial charge in [-0.05, 0) is 70.6 Å². The lowest BCUT2D eigenvalue weighted by atomic mass is 9.84. The van der Waals surface area contributed by atoms with E-state index >= 15 is 0 Å². The number of rotatable bonds is 5. The summed E-state index contributed by atoms with van der Waals surface area (Å²) in [5.41, 5.74) is 8.52. The Balaban J connectivity index is 1.75. The van der Waals surface area contributed by atoms with Crippen LogP contribution in [0, 0.1) is 26.7 Å². The molecule has 5 heterocycles. The third-order valence-electron chi connectivity index (χ3n) is 8.01. The molecule has 38 heavy (non-hydrogen) atoms. The normalized spacial score (nSPS) is 16.1. The van der Waals surface area contributed by atoms with Crippen molar-refractivity contribution in [3.05, 3.63) is 64.8 Å². The fourth-order valence-corrected chi connectivity index (χ4v) is 6.23. The first-order chi connectivity index (χ1) is 18.2. The van der Waals surface area contributed by atoms with Crippen LogP contribution in [0.1, 0.15) is 61.0 Å². The maximum atomic E-state index is 11.3. The molecule has 1 unspecified atom stereocenters. The van der Waals surface area contributed by atoms with Crippen molar-refractivity contribution >= 4 is 22.1 Å². The van der Waals surface area contributed by atoms with Crippen LogP contribution in [0.4, 0.5) is 0 Å². The predicted molar refractivity (Wildman–Crippen MR) is 147 cm³/mol. The Morgan fingerprint density at radius 2 is 1.82 bits per heavy atom. The number of ether oxygens (including phenoxy) is 1. The summed E-state index contributed by atoms with van der Waals surface area (Å²) in [6.45, 7) is 11.2. The molecule has 1 saturated heterocycles. The lowest BCUT2D eigenvalue weighted by molar-refractivity contribution is 0.0547. The van der Waals surface area contributed by atoms with Gasteiger partial charge in [0.25, 0.3) is 0 Å². The highest BCUT2D eigenvalue weighted by atomic mass is 16.5. The highest BCUT2D eigenvalue weighted by molar-refractivity contribution is 6.06. The number of pyridine rings is 1. The van der Waals surface area contributed by atoms with E-state index in [0.717, 1.165) is 70.7 Å². The molecule has 0 saturated carbocycles. The molecule has 1 aliphatic rings. The Morgan fingerprint density at radius 3 is 2.47 bits per heavy atom. The Hall–Kier alpha value is -3.49. The molecule has 1 atom stereocenters. The molecule has 1 aliphatic heterocycles. The summed E-state index contributed by atoms with van der Waals surface area (Å²) in [4.78, 5) is 5.01.